The smallest absolute Gasteiger partial charge is 0.233 e. The summed E-state index contributed by atoms with van der Waals surface area (Å²) in [6.07, 6.45) is 6.38. The highest BCUT2D eigenvalue weighted by Crippen LogP contribution is 2.33. The molecular formula is C17H24N4O2. The molecule has 1 saturated carbocycles. The molecule has 2 N–H and O–H groups in total. The molecule has 2 aromatic rings. The molecular weight excluding hydrogens is 292 g/mol. The first-order valence-electron chi connectivity index (χ1n) is 8.37. The monoisotopic (exact) mass is 316 g/mol. The molecule has 1 aliphatic carbocycles. The molecule has 0 aliphatic heterocycles. The molecule has 23 heavy (non-hydrogen) atoms. The lowest BCUT2D eigenvalue weighted by Crippen LogP contribution is -2.14. The van der Waals surface area contributed by atoms with Crippen LogP contribution in [0.25, 0.3) is 0 Å². The van der Waals surface area contributed by atoms with Gasteiger partial charge in [-0.25, -0.2) is 0 Å². The number of carbonyl (C=O) groups is 1. The molecule has 2 aromatic heterocycles. The van der Waals surface area contributed by atoms with Gasteiger partial charge in [0.2, 0.25) is 5.91 Å². The average molecular weight is 316 g/mol. The van der Waals surface area contributed by atoms with E-state index in [0.29, 0.717) is 17.5 Å². The van der Waals surface area contributed by atoms with Crippen molar-refractivity contribution in [3.05, 3.63) is 29.3 Å². The van der Waals surface area contributed by atoms with E-state index in [2.05, 4.69) is 27.6 Å². The van der Waals surface area contributed by atoms with E-state index in [4.69, 9.17) is 4.52 Å². The molecule has 1 fully saturated rings. The van der Waals surface area contributed by atoms with Crippen LogP contribution in [0.5, 0.6) is 0 Å². The number of rotatable bonds is 4. The van der Waals surface area contributed by atoms with Gasteiger partial charge in [0.15, 0.2) is 5.82 Å². The predicted molar refractivity (Wildman–Crippen MR) is 87.2 cm³/mol. The van der Waals surface area contributed by atoms with Crippen molar-refractivity contribution in [3.8, 4) is 0 Å². The summed E-state index contributed by atoms with van der Waals surface area (Å²) in [6.45, 7) is 4.16. The molecule has 2 atom stereocenters. The molecule has 0 unspecified atom stereocenters. The number of nitrogens with zero attached hydrogens (tertiary/aromatic N) is 2. The van der Waals surface area contributed by atoms with Crippen LogP contribution in [0.4, 0.5) is 5.82 Å². The third-order valence-corrected chi connectivity index (χ3v) is 4.57. The highest BCUT2D eigenvalue weighted by molar-refractivity contribution is 5.91. The van der Waals surface area contributed by atoms with E-state index >= 15 is 0 Å². The lowest BCUT2D eigenvalue weighted by Gasteiger charge is -2.11. The number of hydrogen-bond acceptors (Lipinski definition) is 4. The van der Waals surface area contributed by atoms with E-state index in [1.54, 1.807) is 6.07 Å². The molecule has 1 amide bonds. The fourth-order valence-electron chi connectivity index (χ4n) is 3.25. The SMILES string of the molecule is Cc1cc(CC(=O)Nc2cc([C@H]3CCC[C@@H](C)CC3)[nH]n2)on1. The zero-order valence-electron chi connectivity index (χ0n) is 13.8. The molecule has 6 heteroatoms. The first-order chi connectivity index (χ1) is 11.1. The number of anilines is 1. The second-order valence-electron chi connectivity index (χ2n) is 6.68. The summed E-state index contributed by atoms with van der Waals surface area (Å²) >= 11 is 0. The van der Waals surface area contributed by atoms with Gasteiger partial charge in [-0.2, -0.15) is 5.10 Å². The fraction of sp³-hybridized carbons (Fsp3) is 0.588. The Bertz CT molecular complexity index is 661. The van der Waals surface area contributed by atoms with E-state index in [1.165, 1.54) is 32.1 Å². The molecule has 1 aliphatic rings. The third-order valence-electron chi connectivity index (χ3n) is 4.57. The van der Waals surface area contributed by atoms with E-state index < -0.39 is 0 Å². The Kier molecular flexibility index (Phi) is 4.79. The summed E-state index contributed by atoms with van der Waals surface area (Å²) in [5, 5.41) is 13.9. The summed E-state index contributed by atoms with van der Waals surface area (Å²) in [5.74, 6) is 2.34. The summed E-state index contributed by atoms with van der Waals surface area (Å²) in [4.78, 5) is 12.0. The number of nitrogens with one attached hydrogen (secondary N) is 2. The minimum absolute atomic E-state index is 0.145. The van der Waals surface area contributed by atoms with Crippen molar-refractivity contribution in [2.45, 2.75) is 58.3 Å². The van der Waals surface area contributed by atoms with Crippen molar-refractivity contribution in [2.24, 2.45) is 5.92 Å². The largest absolute Gasteiger partial charge is 0.361 e. The highest BCUT2D eigenvalue weighted by Gasteiger charge is 2.20. The Morgan fingerprint density at radius 3 is 3.00 bits per heavy atom. The Morgan fingerprint density at radius 1 is 1.35 bits per heavy atom. The van der Waals surface area contributed by atoms with Gasteiger partial charge in [-0.3, -0.25) is 9.89 Å². The summed E-state index contributed by atoms with van der Waals surface area (Å²) in [5.41, 5.74) is 1.90. The minimum Gasteiger partial charge on any atom is -0.361 e. The van der Waals surface area contributed by atoms with Crippen molar-refractivity contribution < 1.29 is 9.32 Å². The van der Waals surface area contributed by atoms with Gasteiger partial charge in [-0.15, -0.1) is 0 Å². The summed E-state index contributed by atoms with van der Waals surface area (Å²) in [6, 6.07) is 3.73. The zero-order valence-corrected chi connectivity index (χ0v) is 13.8. The van der Waals surface area contributed by atoms with Crippen LogP contribution in [0.1, 0.15) is 62.1 Å². The third kappa shape index (κ3) is 4.21. The van der Waals surface area contributed by atoms with Crippen molar-refractivity contribution in [2.75, 3.05) is 5.32 Å². The van der Waals surface area contributed by atoms with E-state index in [1.807, 2.05) is 13.0 Å². The molecule has 0 saturated heterocycles. The standard InChI is InChI=1S/C17H24N4O2/c1-11-4-3-5-13(7-6-11)15-10-16(20-19-15)18-17(22)9-14-8-12(2)21-23-14/h8,10-11,13H,3-7,9H2,1-2H3,(H2,18,19,20,22)/t11-,13+/m1/s1. The normalized spacial score (nSPS) is 21.8. The number of amides is 1. The van der Waals surface area contributed by atoms with Crippen molar-refractivity contribution in [3.63, 3.8) is 0 Å². The summed E-state index contributed by atoms with van der Waals surface area (Å²) < 4.78 is 5.06. The number of hydrogen-bond donors (Lipinski definition) is 2. The van der Waals surface area contributed by atoms with Crippen molar-refractivity contribution >= 4 is 11.7 Å². The number of aryl methyl sites for hydroxylation is 1. The quantitative estimate of drug-likeness (QED) is 0.845. The maximum absolute atomic E-state index is 12.0. The number of carbonyl (C=O) groups excluding carboxylic acids is 1. The first-order valence-corrected chi connectivity index (χ1v) is 8.37. The number of aromatic nitrogens is 3. The van der Waals surface area contributed by atoms with E-state index in [9.17, 15) is 4.79 Å². The van der Waals surface area contributed by atoms with Crippen LogP contribution in [-0.2, 0) is 11.2 Å². The van der Waals surface area contributed by atoms with Gasteiger partial charge in [0.05, 0.1) is 12.1 Å². The number of aromatic amines is 1. The van der Waals surface area contributed by atoms with Crippen LogP contribution >= 0.6 is 0 Å². The van der Waals surface area contributed by atoms with E-state index in [0.717, 1.165) is 17.3 Å². The highest BCUT2D eigenvalue weighted by atomic mass is 16.5. The average Bonchev–Trinajstić information content (AvgIpc) is 3.06. The van der Waals surface area contributed by atoms with Crippen molar-refractivity contribution in [1.82, 2.24) is 15.4 Å². The Hall–Kier alpha value is -2.11. The molecule has 2 heterocycles. The van der Waals surface area contributed by atoms with Crippen LogP contribution in [-0.4, -0.2) is 21.3 Å². The van der Waals surface area contributed by atoms with Gasteiger partial charge < -0.3 is 9.84 Å². The van der Waals surface area contributed by atoms with Crippen molar-refractivity contribution in [1.29, 1.82) is 0 Å². The van der Waals surface area contributed by atoms with Gasteiger partial charge in [-0.05, 0) is 25.7 Å². The molecule has 0 bridgehead atoms. The lowest BCUT2D eigenvalue weighted by atomic mass is 9.96. The van der Waals surface area contributed by atoms with Gasteiger partial charge in [-0.1, -0.05) is 31.3 Å². The maximum atomic E-state index is 12.0. The molecule has 6 nitrogen and oxygen atoms in total. The molecule has 0 spiro atoms. The van der Waals surface area contributed by atoms with E-state index in [-0.39, 0.29) is 12.3 Å². The zero-order chi connectivity index (χ0) is 16.2. The van der Waals surface area contributed by atoms with Crippen LogP contribution in [0.2, 0.25) is 0 Å². The van der Waals surface area contributed by atoms with Gasteiger partial charge in [0.25, 0.3) is 0 Å². The molecule has 3 rings (SSSR count). The van der Waals surface area contributed by atoms with Crippen LogP contribution < -0.4 is 5.32 Å². The Labute approximate surface area is 136 Å². The topological polar surface area (TPSA) is 83.8 Å². The maximum Gasteiger partial charge on any atom is 0.233 e. The van der Waals surface area contributed by atoms with Gasteiger partial charge in [0.1, 0.15) is 5.76 Å². The predicted octanol–water partition coefficient (Wildman–Crippen LogP) is 3.57. The van der Waals surface area contributed by atoms with Crippen LogP contribution in [0.15, 0.2) is 16.7 Å². The van der Waals surface area contributed by atoms with Gasteiger partial charge in [0, 0.05) is 23.7 Å². The lowest BCUT2D eigenvalue weighted by molar-refractivity contribution is -0.115. The molecule has 0 radical (unpaired) electrons. The second kappa shape index (κ2) is 6.98. The number of H-pyrrole nitrogens is 1. The fourth-order valence-corrected chi connectivity index (χ4v) is 3.25. The Morgan fingerprint density at radius 2 is 2.22 bits per heavy atom. The molecule has 0 aromatic carbocycles. The first kappa shape index (κ1) is 15.8. The minimum atomic E-state index is -0.145. The second-order valence-corrected chi connectivity index (χ2v) is 6.68. The molecule has 124 valence electrons. The van der Waals surface area contributed by atoms with Crippen LogP contribution in [0, 0.1) is 12.8 Å². The van der Waals surface area contributed by atoms with Gasteiger partial charge >= 0.3 is 0 Å². The Balaban J connectivity index is 1.57. The summed E-state index contributed by atoms with van der Waals surface area (Å²) in [7, 11) is 0. The van der Waals surface area contributed by atoms with Crippen LogP contribution in [0.3, 0.4) is 0 Å².